The summed E-state index contributed by atoms with van der Waals surface area (Å²) in [5.74, 6) is 1.89. The van der Waals surface area contributed by atoms with Crippen LogP contribution in [0.5, 0.6) is 0 Å². The molecule has 0 amide bonds. The number of likely N-dealkylation sites (N-methyl/N-ethyl adjacent to an activating group) is 2. The smallest absolute Gasteiger partial charge is 0.152 e. The summed E-state index contributed by atoms with van der Waals surface area (Å²) >= 11 is 0. The normalized spacial score (nSPS) is 31.1. The molecule has 118 valence electrons. The molecule has 3 nitrogen and oxygen atoms in total. The van der Waals surface area contributed by atoms with Crippen molar-refractivity contribution in [1.29, 1.82) is 0 Å². The maximum absolute atomic E-state index is 10.6. The molecule has 1 N–H and O–H groups in total. The number of rotatable bonds is 6. The van der Waals surface area contributed by atoms with Crippen molar-refractivity contribution in [3.63, 3.8) is 0 Å². The molecule has 3 atom stereocenters. The van der Waals surface area contributed by atoms with Crippen LogP contribution in [0.15, 0.2) is 0 Å². The summed E-state index contributed by atoms with van der Waals surface area (Å²) in [6.07, 6.45) is 5.60. The monoisotopic (exact) mass is 284 g/mol. The Balaban J connectivity index is 1.89. The highest BCUT2D eigenvalue weighted by atomic mass is 16.3. The number of quaternary nitrogens is 2. The fourth-order valence-corrected chi connectivity index (χ4v) is 4.68. The molecule has 20 heavy (non-hydrogen) atoms. The maximum Gasteiger partial charge on any atom is 0.152 e. The Morgan fingerprint density at radius 2 is 1.60 bits per heavy atom. The van der Waals surface area contributed by atoms with Crippen molar-refractivity contribution >= 4 is 0 Å². The van der Waals surface area contributed by atoms with E-state index < -0.39 is 0 Å². The van der Waals surface area contributed by atoms with Crippen molar-refractivity contribution in [2.45, 2.75) is 45.6 Å². The molecular formula is C17H36N2O+2. The molecule has 0 aromatic rings. The lowest BCUT2D eigenvalue weighted by Gasteiger charge is -2.37. The Morgan fingerprint density at radius 3 is 2.05 bits per heavy atom. The summed E-state index contributed by atoms with van der Waals surface area (Å²) in [7, 11) is 4.65. The third-order valence-corrected chi connectivity index (χ3v) is 6.25. The Hall–Kier alpha value is -0.120. The Labute approximate surface area is 125 Å². The first-order valence-electron chi connectivity index (χ1n) is 8.75. The summed E-state index contributed by atoms with van der Waals surface area (Å²) in [6.45, 7) is 11.2. The quantitative estimate of drug-likeness (QED) is 0.741. The molecular weight excluding hydrogens is 248 g/mol. The molecule has 1 heterocycles. The van der Waals surface area contributed by atoms with E-state index in [-0.39, 0.29) is 6.10 Å². The Morgan fingerprint density at radius 1 is 1.10 bits per heavy atom. The summed E-state index contributed by atoms with van der Waals surface area (Å²) in [5.41, 5.74) is 0. The average molecular weight is 284 g/mol. The highest BCUT2D eigenvalue weighted by molar-refractivity contribution is 4.80. The summed E-state index contributed by atoms with van der Waals surface area (Å²) in [5, 5.41) is 10.6. The lowest BCUT2D eigenvalue weighted by atomic mass is 9.82. The van der Waals surface area contributed by atoms with Crippen molar-refractivity contribution in [3.05, 3.63) is 0 Å². The van der Waals surface area contributed by atoms with E-state index in [0.29, 0.717) is 0 Å². The number of hydrogen-bond acceptors (Lipinski definition) is 1. The van der Waals surface area contributed by atoms with Gasteiger partial charge in [-0.25, -0.2) is 0 Å². The third kappa shape index (κ3) is 3.75. The van der Waals surface area contributed by atoms with Crippen molar-refractivity contribution in [2.24, 2.45) is 11.8 Å². The molecule has 1 aliphatic carbocycles. The van der Waals surface area contributed by atoms with Gasteiger partial charge in [0.15, 0.2) is 6.10 Å². The summed E-state index contributed by atoms with van der Waals surface area (Å²) in [4.78, 5) is 0. The lowest BCUT2D eigenvalue weighted by Crippen LogP contribution is -2.54. The second-order valence-corrected chi connectivity index (χ2v) is 8.06. The van der Waals surface area contributed by atoms with Gasteiger partial charge in [-0.05, 0) is 26.7 Å². The molecule has 2 aliphatic rings. The van der Waals surface area contributed by atoms with Crippen LogP contribution in [0.1, 0.15) is 39.5 Å². The molecule has 0 aromatic heterocycles. The molecule has 1 saturated heterocycles. The number of fused-ring (bicyclic) bond motifs is 1. The fraction of sp³-hybridized carbons (Fsp3) is 1.00. The van der Waals surface area contributed by atoms with Gasteiger partial charge in [0.25, 0.3) is 0 Å². The minimum Gasteiger partial charge on any atom is -0.382 e. The number of likely N-dealkylation sites (tertiary alicyclic amines) is 1. The molecule has 1 aliphatic heterocycles. The Bertz CT molecular complexity index is 300. The molecule has 0 bridgehead atoms. The lowest BCUT2D eigenvalue weighted by molar-refractivity contribution is -0.927. The number of aliphatic hydroxyl groups excluding tert-OH is 1. The van der Waals surface area contributed by atoms with Crippen LogP contribution in [0, 0.1) is 11.8 Å². The summed E-state index contributed by atoms with van der Waals surface area (Å²) < 4.78 is 2.11. The first-order chi connectivity index (χ1) is 9.40. The van der Waals surface area contributed by atoms with Gasteiger partial charge in [0.05, 0.1) is 40.3 Å². The number of hydrogen-bond donors (Lipinski definition) is 1. The largest absolute Gasteiger partial charge is 0.382 e. The van der Waals surface area contributed by atoms with Crippen molar-refractivity contribution < 1.29 is 14.1 Å². The first kappa shape index (κ1) is 16.3. The van der Waals surface area contributed by atoms with Gasteiger partial charge >= 0.3 is 0 Å². The van der Waals surface area contributed by atoms with Crippen LogP contribution in [0.2, 0.25) is 0 Å². The highest BCUT2D eigenvalue weighted by Gasteiger charge is 2.44. The van der Waals surface area contributed by atoms with Crippen LogP contribution in [0.4, 0.5) is 0 Å². The van der Waals surface area contributed by atoms with E-state index in [1.165, 1.54) is 38.8 Å². The minimum atomic E-state index is -0.148. The van der Waals surface area contributed by atoms with Gasteiger partial charge in [-0.1, -0.05) is 12.8 Å². The minimum absolute atomic E-state index is 0.148. The van der Waals surface area contributed by atoms with E-state index in [1.807, 2.05) is 0 Å². The van der Waals surface area contributed by atoms with Gasteiger partial charge in [-0.2, -0.15) is 0 Å². The number of aliphatic hydroxyl groups is 1. The van der Waals surface area contributed by atoms with E-state index in [0.717, 1.165) is 47.0 Å². The van der Waals surface area contributed by atoms with Crippen LogP contribution in [-0.4, -0.2) is 73.5 Å². The van der Waals surface area contributed by atoms with E-state index in [4.69, 9.17) is 0 Å². The van der Waals surface area contributed by atoms with Crippen LogP contribution < -0.4 is 0 Å². The topological polar surface area (TPSA) is 20.2 Å². The number of nitrogens with zero attached hydrogens (tertiary/aromatic N) is 2. The standard InChI is InChI=1S/C17H36N2O/c1-5-18(3,6-2)13-17(20)14-19(4)11-15-9-7-8-10-16(15)12-19/h15-17,20H,5-14H2,1-4H3/q+2/t15-,16-,17+/m1/s1. The zero-order chi connectivity index (χ0) is 14.8. The molecule has 3 heteroatoms. The van der Waals surface area contributed by atoms with Crippen LogP contribution in [0.3, 0.4) is 0 Å². The zero-order valence-corrected chi connectivity index (χ0v) is 14.1. The van der Waals surface area contributed by atoms with Gasteiger partial charge in [0, 0.05) is 11.8 Å². The van der Waals surface area contributed by atoms with E-state index in [2.05, 4.69) is 27.9 Å². The zero-order valence-electron chi connectivity index (χ0n) is 14.1. The fourth-order valence-electron chi connectivity index (χ4n) is 4.68. The van der Waals surface area contributed by atoms with Gasteiger partial charge < -0.3 is 14.1 Å². The maximum atomic E-state index is 10.6. The van der Waals surface area contributed by atoms with Gasteiger partial charge in [-0.15, -0.1) is 0 Å². The SMILES string of the molecule is CC[N+](C)(CC)C[C@H](O)C[N+]1(C)C[C@H]2CCCC[C@@H]2C1. The third-order valence-electron chi connectivity index (χ3n) is 6.25. The highest BCUT2D eigenvalue weighted by Crippen LogP contribution is 2.39. The van der Waals surface area contributed by atoms with E-state index >= 15 is 0 Å². The molecule has 0 spiro atoms. The van der Waals surface area contributed by atoms with Crippen LogP contribution in [-0.2, 0) is 0 Å². The van der Waals surface area contributed by atoms with E-state index in [1.54, 1.807) is 0 Å². The molecule has 2 fully saturated rings. The average Bonchev–Trinajstić information content (AvgIpc) is 2.73. The van der Waals surface area contributed by atoms with Crippen LogP contribution in [0.25, 0.3) is 0 Å². The van der Waals surface area contributed by atoms with Gasteiger partial charge in [-0.3, -0.25) is 0 Å². The van der Waals surface area contributed by atoms with Crippen molar-refractivity contribution in [2.75, 3.05) is 53.4 Å². The predicted octanol–water partition coefficient (Wildman–Crippen LogP) is 2.10. The molecule has 0 unspecified atom stereocenters. The second-order valence-electron chi connectivity index (χ2n) is 8.06. The molecule has 0 aromatic carbocycles. The van der Waals surface area contributed by atoms with Gasteiger partial charge in [0.2, 0.25) is 0 Å². The molecule has 2 rings (SSSR count). The van der Waals surface area contributed by atoms with Crippen LogP contribution >= 0.6 is 0 Å². The summed E-state index contributed by atoms with van der Waals surface area (Å²) in [6, 6.07) is 0. The first-order valence-corrected chi connectivity index (χ1v) is 8.75. The van der Waals surface area contributed by atoms with Crippen molar-refractivity contribution in [3.8, 4) is 0 Å². The Kier molecular flexibility index (Phi) is 5.14. The van der Waals surface area contributed by atoms with E-state index in [9.17, 15) is 5.11 Å². The second kappa shape index (κ2) is 6.33. The van der Waals surface area contributed by atoms with Gasteiger partial charge in [0.1, 0.15) is 13.1 Å². The van der Waals surface area contributed by atoms with Crippen molar-refractivity contribution in [1.82, 2.24) is 0 Å². The molecule has 1 saturated carbocycles. The predicted molar refractivity (Wildman–Crippen MR) is 84.4 cm³/mol. The molecule has 0 radical (unpaired) electrons.